The van der Waals surface area contributed by atoms with Crippen molar-refractivity contribution >= 4 is 18.1 Å². The van der Waals surface area contributed by atoms with Crippen LogP contribution in [0.2, 0.25) is 0 Å². The largest absolute Gasteiger partial charge is 0.522 e. The summed E-state index contributed by atoms with van der Waals surface area (Å²) in [7, 11) is 7.18. The van der Waals surface area contributed by atoms with Gasteiger partial charge in [0.15, 0.2) is 0 Å². The maximum Gasteiger partial charge on any atom is 0.522 e. The highest BCUT2D eigenvalue weighted by molar-refractivity contribution is 5.66. The van der Waals surface area contributed by atoms with Crippen molar-refractivity contribution in [2.24, 2.45) is 0 Å². The maximum absolute atomic E-state index is 12.0. The third-order valence-corrected chi connectivity index (χ3v) is 2.81. The standard InChI is InChI=1S/C15H20N6O3/c1-9-7-11(18-13(16-9)20(3)4)23-15(22)24-12-8-10(2)17-14(19-12)21(5)6/h7-8H,1-6H3. The molecule has 0 aliphatic rings. The average Bonchev–Trinajstić information content (AvgIpc) is 2.45. The van der Waals surface area contributed by atoms with Crippen molar-refractivity contribution < 1.29 is 14.3 Å². The zero-order valence-corrected chi connectivity index (χ0v) is 14.6. The fraction of sp³-hybridized carbons (Fsp3) is 0.400. The van der Waals surface area contributed by atoms with Crippen molar-refractivity contribution in [2.75, 3.05) is 38.0 Å². The molecule has 0 radical (unpaired) electrons. The molecule has 2 heterocycles. The molecule has 0 aromatic carbocycles. The van der Waals surface area contributed by atoms with Gasteiger partial charge < -0.3 is 19.3 Å². The predicted molar refractivity (Wildman–Crippen MR) is 88.8 cm³/mol. The Morgan fingerprint density at radius 3 is 1.50 bits per heavy atom. The Labute approximate surface area is 140 Å². The van der Waals surface area contributed by atoms with Gasteiger partial charge in [0, 0.05) is 51.7 Å². The average molecular weight is 332 g/mol. The molecule has 0 bridgehead atoms. The molecule has 128 valence electrons. The molecule has 24 heavy (non-hydrogen) atoms. The molecular formula is C15H20N6O3. The highest BCUT2D eigenvalue weighted by Crippen LogP contribution is 2.17. The van der Waals surface area contributed by atoms with Crippen molar-refractivity contribution in [1.29, 1.82) is 0 Å². The van der Waals surface area contributed by atoms with Crippen molar-refractivity contribution in [3.05, 3.63) is 23.5 Å². The third kappa shape index (κ3) is 4.51. The fourth-order valence-corrected chi connectivity index (χ4v) is 1.75. The molecule has 0 spiro atoms. The highest BCUT2D eigenvalue weighted by Gasteiger charge is 2.14. The van der Waals surface area contributed by atoms with E-state index >= 15 is 0 Å². The molecule has 9 nitrogen and oxygen atoms in total. The summed E-state index contributed by atoms with van der Waals surface area (Å²) in [4.78, 5) is 32.1. The predicted octanol–water partition coefficient (Wildman–Crippen LogP) is 1.59. The second-order valence-electron chi connectivity index (χ2n) is 5.54. The first-order valence-corrected chi connectivity index (χ1v) is 7.20. The van der Waals surface area contributed by atoms with Gasteiger partial charge in [0.2, 0.25) is 23.7 Å². The molecule has 0 aliphatic heterocycles. The summed E-state index contributed by atoms with van der Waals surface area (Å²) in [5.41, 5.74) is 1.34. The zero-order chi connectivity index (χ0) is 17.9. The Morgan fingerprint density at radius 2 is 1.17 bits per heavy atom. The molecule has 2 rings (SSSR count). The van der Waals surface area contributed by atoms with Crippen molar-refractivity contribution in [1.82, 2.24) is 19.9 Å². The molecule has 0 aliphatic carbocycles. The monoisotopic (exact) mass is 332 g/mol. The fourth-order valence-electron chi connectivity index (χ4n) is 1.75. The van der Waals surface area contributed by atoms with E-state index in [1.54, 1.807) is 64.0 Å². The number of carbonyl (C=O) groups excluding carboxylic acids is 1. The zero-order valence-electron chi connectivity index (χ0n) is 14.6. The number of aryl methyl sites for hydroxylation is 2. The van der Waals surface area contributed by atoms with Gasteiger partial charge in [0.05, 0.1) is 0 Å². The van der Waals surface area contributed by atoms with Gasteiger partial charge >= 0.3 is 6.16 Å². The highest BCUT2D eigenvalue weighted by atomic mass is 16.7. The van der Waals surface area contributed by atoms with Gasteiger partial charge in [-0.2, -0.15) is 9.97 Å². The van der Waals surface area contributed by atoms with Crippen LogP contribution in [-0.2, 0) is 0 Å². The van der Waals surface area contributed by atoms with Gasteiger partial charge in [-0.1, -0.05) is 0 Å². The van der Waals surface area contributed by atoms with E-state index in [0.29, 0.717) is 23.3 Å². The Hall–Kier alpha value is -2.97. The van der Waals surface area contributed by atoms with E-state index < -0.39 is 6.16 Å². The van der Waals surface area contributed by atoms with Crippen LogP contribution in [0.5, 0.6) is 11.8 Å². The summed E-state index contributed by atoms with van der Waals surface area (Å²) in [5, 5.41) is 0. The number of carbonyl (C=O) groups is 1. The minimum absolute atomic E-state index is 0.106. The quantitative estimate of drug-likeness (QED) is 0.774. The number of hydrogen-bond donors (Lipinski definition) is 0. The number of hydrogen-bond acceptors (Lipinski definition) is 9. The first-order chi connectivity index (χ1) is 11.2. The van der Waals surface area contributed by atoms with Crippen molar-refractivity contribution in [3.8, 4) is 11.8 Å². The molecule has 0 amide bonds. The molecule has 9 heteroatoms. The smallest absolute Gasteiger partial charge is 0.375 e. The second-order valence-corrected chi connectivity index (χ2v) is 5.54. The summed E-state index contributed by atoms with van der Waals surface area (Å²) in [6.45, 7) is 3.56. The van der Waals surface area contributed by atoms with Gasteiger partial charge in [0.1, 0.15) is 0 Å². The van der Waals surface area contributed by atoms with Gasteiger partial charge in [0.25, 0.3) is 0 Å². The molecule has 2 aromatic rings. The summed E-state index contributed by atoms with van der Waals surface area (Å²) in [6.07, 6.45) is -0.930. The Bertz CT molecular complexity index is 686. The number of aromatic nitrogens is 4. The van der Waals surface area contributed by atoms with E-state index in [9.17, 15) is 4.79 Å². The molecule has 0 N–H and O–H groups in total. The third-order valence-electron chi connectivity index (χ3n) is 2.81. The topological polar surface area (TPSA) is 93.6 Å². The van der Waals surface area contributed by atoms with Crippen LogP contribution in [-0.4, -0.2) is 54.3 Å². The molecule has 0 saturated carbocycles. The SMILES string of the molecule is Cc1cc(OC(=O)Oc2cc(C)nc(N(C)C)n2)nc(N(C)C)n1. The van der Waals surface area contributed by atoms with Gasteiger partial charge in [-0.25, -0.2) is 14.8 Å². The van der Waals surface area contributed by atoms with E-state index in [1.165, 1.54) is 0 Å². The van der Waals surface area contributed by atoms with E-state index in [2.05, 4.69) is 19.9 Å². The van der Waals surface area contributed by atoms with E-state index in [4.69, 9.17) is 9.47 Å². The number of ether oxygens (including phenoxy) is 2. The summed E-state index contributed by atoms with van der Waals surface area (Å²) in [6, 6.07) is 3.09. The van der Waals surface area contributed by atoms with Gasteiger partial charge in [-0.15, -0.1) is 0 Å². The lowest BCUT2D eigenvalue weighted by molar-refractivity contribution is 0.148. The molecule has 0 atom stereocenters. The summed E-state index contributed by atoms with van der Waals surface area (Å²) < 4.78 is 10.2. The summed E-state index contributed by atoms with van der Waals surface area (Å²) in [5.74, 6) is 1.08. The van der Waals surface area contributed by atoms with Crippen LogP contribution in [0, 0.1) is 13.8 Å². The van der Waals surface area contributed by atoms with E-state index in [-0.39, 0.29) is 11.8 Å². The molecule has 2 aromatic heterocycles. The minimum atomic E-state index is -0.930. The number of anilines is 2. The summed E-state index contributed by atoms with van der Waals surface area (Å²) >= 11 is 0. The lowest BCUT2D eigenvalue weighted by Crippen LogP contribution is -2.19. The lowest BCUT2D eigenvalue weighted by atomic mass is 10.4. The normalized spacial score (nSPS) is 10.2. The Kier molecular flexibility index (Phi) is 5.12. The van der Waals surface area contributed by atoms with Crippen LogP contribution >= 0.6 is 0 Å². The van der Waals surface area contributed by atoms with Crippen molar-refractivity contribution in [2.45, 2.75) is 13.8 Å². The molecule has 0 saturated heterocycles. The minimum Gasteiger partial charge on any atom is -0.375 e. The van der Waals surface area contributed by atoms with E-state index in [0.717, 1.165) is 0 Å². The number of rotatable bonds is 4. The maximum atomic E-state index is 12.0. The number of nitrogens with zero attached hydrogens (tertiary/aromatic N) is 6. The Balaban J connectivity index is 2.14. The second kappa shape index (κ2) is 7.07. The molecule has 0 unspecified atom stereocenters. The van der Waals surface area contributed by atoms with Crippen molar-refractivity contribution in [3.63, 3.8) is 0 Å². The Morgan fingerprint density at radius 1 is 0.792 bits per heavy atom. The first-order valence-electron chi connectivity index (χ1n) is 7.20. The molecule has 0 fully saturated rings. The van der Waals surface area contributed by atoms with Gasteiger partial charge in [-0.3, -0.25) is 0 Å². The molecular weight excluding hydrogens is 312 g/mol. The first kappa shape index (κ1) is 17.4. The van der Waals surface area contributed by atoms with Crippen LogP contribution in [0.4, 0.5) is 16.7 Å². The van der Waals surface area contributed by atoms with Crippen LogP contribution in [0.1, 0.15) is 11.4 Å². The van der Waals surface area contributed by atoms with Crippen LogP contribution in [0.25, 0.3) is 0 Å². The van der Waals surface area contributed by atoms with Crippen LogP contribution < -0.4 is 19.3 Å². The van der Waals surface area contributed by atoms with Crippen LogP contribution in [0.3, 0.4) is 0 Å². The lowest BCUT2D eigenvalue weighted by Gasteiger charge is -2.13. The van der Waals surface area contributed by atoms with Gasteiger partial charge in [-0.05, 0) is 13.8 Å². The van der Waals surface area contributed by atoms with E-state index in [1.807, 2.05) is 0 Å². The van der Waals surface area contributed by atoms with Crippen LogP contribution in [0.15, 0.2) is 12.1 Å².